The van der Waals surface area contributed by atoms with Gasteiger partial charge in [-0.05, 0) is 161 Å². The summed E-state index contributed by atoms with van der Waals surface area (Å²) in [5, 5.41) is 20.7. The van der Waals surface area contributed by atoms with E-state index in [1.807, 2.05) is 0 Å². The first kappa shape index (κ1) is 102. The molecule has 0 rings (SSSR count). The minimum Gasteiger partial charge on any atom is -0.463 e. The molecule has 0 aromatic rings. The molecule has 0 spiro atoms. The number of carbonyl (C=O) groups is 3. The smallest absolute Gasteiger partial charge is 0.463 e. The molecular formula is C89H148O16P2. The van der Waals surface area contributed by atoms with E-state index < -0.39 is 91.5 Å². The number of allylic oxidation sites excluding steroid dienone is 28. The molecule has 4 N–H and O–H groups in total. The lowest BCUT2D eigenvalue weighted by atomic mass is 10.0. The molecule has 610 valence electrons. The number of rotatable bonds is 77. The van der Waals surface area contributed by atoms with Crippen molar-refractivity contribution in [2.24, 2.45) is 0 Å². The first-order valence-corrected chi connectivity index (χ1v) is 44.4. The minimum absolute atomic E-state index is 0.0672. The summed E-state index contributed by atoms with van der Waals surface area (Å²) in [4.78, 5) is 58.8. The Balaban J connectivity index is 4.67. The number of phosphoric ester groups is 2. The van der Waals surface area contributed by atoms with Gasteiger partial charge in [0.2, 0.25) is 0 Å². The number of hydrogen-bond donors (Lipinski definition) is 4. The number of hydrogen-bond acceptors (Lipinski definition) is 14. The van der Waals surface area contributed by atoms with E-state index in [0.29, 0.717) is 19.3 Å². The Morgan fingerprint density at radius 3 is 0.804 bits per heavy atom. The third-order valence-electron chi connectivity index (χ3n) is 16.9. The number of aliphatic hydroxyl groups excluding tert-OH is 2. The van der Waals surface area contributed by atoms with Crippen LogP contribution >= 0.6 is 15.6 Å². The highest BCUT2D eigenvalue weighted by atomic mass is 31.2. The second-order valence-corrected chi connectivity index (χ2v) is 30.1. The van der Waals surface area contributed by atoms with E-state index in [-0.39, 0.29) is 19.3 Å². The van der Waals surface area contributed by atoms with Gasteiger partial charge in [0.25, 0.3) is 0 Å². The summed E-state index contributed by atoms with van der Waals surface area (Å²) in [6, 6.07) is 0. The van der Waals surface area contributed by atoms with Crippen LogP contribution < -0.4 is 0 Å². The van der Waals surface area contributed by atoms with Gasteiger partial charge < -0.3 is 34.2 Å². The van der Waals surface area contributed by atoms with Gasteiger partial charge in [0.15, 0.2) is 6.10 Å². The fourth-order valence-electron chi connectivity index (χ4n) is 10.6. The number of carbonyl (C=O) groups excluding carboxylic acids is 3. The van der Waals surface area contributed by atoms with Crippen molar-refractivity contribution in [1.82, 2.24) is 0 Å². The van der Waals surface area contributed by atoms with Crippen molar-refractivity contribution in [3.8, 4) is 0 Å². The Kier molecular flexibility index (Phi) is 76.6. The predicted octanol–water partition coefficient (Wildman–Crippen LogP) is 24.8. The van der Waals surface area contributed by atoms with Gasteiger partial charge in [-0.1, -0.05) is 306 Å². The maximum Gasteiger partial charge on any atom is 0.472 e. The summed E-state index contributed by atoms with van der Waals surface area (Å²) in [7, 11) is -9.83. The van der Waals surface area contributed by atoms with E-state index in [2.05, 4.69) is 191 Å². The standard InChI is InChI=1S/C89H148O16P2/c1-4-7-10-13-16-19-22-25-28-31-34-37-38-39-40-41-42-43-44-47-49-51-54-57-60-63-66-69-72-75-87(92)99-78-84(90)79-101-106(95,96)102-80-85(91)81-103-107(97,98)104-83-86(105-89(94)77-74-71-68-65-62-59-56-53-50-46-36-33-30-27-24-21-18-15-12-9-6-3)82-100-88(93)76-73-70-67-64-61-58-55-52-48-45-35-32-29-26-23-20-17-14-11-8-5-2/h8,11,16-21,25-30,34-37,39-40,45-46,52-53,55-56,61,64,84-86,90-91H,4-7,9-10,12-15,22-24,31-33,38,41-44,47-51,54,57-60,62-63,65-83H2,1-3H3,(H,95,96)(H,97,98)/b11-8-,19-16-,20-17-,21-18-,28-25-,29-26-,30-27-,37-34-,40-39-,45-35-,46-36-,55-52-,56-53-,64-61-. The van der Waals surface area contributed by atoms with E-state index in [0.717, 1.165) is 154 Å². The van der Waals surface area contributed by atoms with Gasteiger partial charge in [-0.15, -0.1) is 0 Å². The SMILES string of the molecule is CC/C=C\C/C=C\C/C=C\C/C=C\C/C=C\C/C=C\CCCCC(=O)OCC(COP(=O)(O)OCC(O)COP(=O)(O)OCC(O)COC(=O)CCCCCCCCCCCCCCC/C=C\C/C=C\C/C=C\C/C=C\CCCCC)OC(=O)CCCCCCC/C=C\C/C=C\C/C=C\C/C=C\CCCCC. The van der Waals surface area contributed by atoms with Crippen LogP contribution in [0.3, 0.4) is 0 Å². The molecule has 0 radical (unpaired) electrons. The van der Waals surface area contributed by atoms with E-state index in [4.69, 9.17) is 32.3 Å². The highest BCUT2D eigenvalue weighted by molar-refractivity contribution is 7.47. The van der Waals surface area contributed by atoms with Crippen LogP contribution in [0.25, 0.3) is 0 Å². The van der Waals surface area contributed by atoms with Crippen LogP contribution in [0.5, 0.6) is 0 Å². The van der Waals surface area contributed by atoms with Crippen LogP contribution in [0, 0.1) is 0 Å². The van der Waals surface area contributed by atoms with Crippen molar-refractivity contribution < 1.29 is 75.8 Å². The van der Waals surface area contributed by atoms with E-state index in [1.165, 1.54) is 103 Å². The van der Waals surface area contributed by atoms with Crippen LogP contribution in [0.15, 0.2) is 170 Å². The summed E-state index contributed by atoms with van der Waals surface area (Å²) in [5.74, 6) is -1.65. The van der Waals surface area contributed by atoms with Gasteiger partial charge in [0.1, 0.15) is 25.4 Å². The van der Waals surface area contributed by atoms with Gasteiger partial charge >= 0.3 is 33.6 Å². The minimum atomic E-state index is -4.96. The lowest BCUT2D eigenvalue weighted by molar-refractivity contribution is -0.161. The maximum atomic E-state index is 13.0. The second kappa shape index (κ2) is 80.4. The van der Waals surface area contributed by atoms with E-state index >= 15 is 0 Å². The van der Waals surface area contributed by atoms with Crippen LogP contribution in [-0.4, -0.2) is 95.9 Å². The average Bonchev–Trinajstić information content (AvgIpc) is 0.929. The Bertz CT molecular complexity index is 2620. The monoisotopic (exact) mass is 1540 g/mol. The number of unbranched alkanes of at least 4 members (excludes halogenated alkanes) is 26. The summed E-state index contributed by atoms with van der Waals surface area (Å²) in [6.45, 7) is 2.44. The van der Waals surface area contributed by atoms with Gasteiger partial charge in [-0.2, -0.15) is 0 Å². The average molecular weight is 1540 g/mol. The molecule has 18 heteroatoms. The van der Waals surface area contributed by atoms with Gasteiger partial charge in [-0.25, -0.2) is 9.13 Å². The van der Waals surface area contributed by atoms with Crippen molar-refractivity contribution in [3.63, 3.8) is 0 Å². The first-order chi connectivity index (χ1) is 52.2. The van der Waals surface area contributed by atoms with Crippen molar-refractivity contribution in [3.05, 3.63) is 170 Å². The molecule has 0 bridgehead atoms. The lowest BCUT2D eigenvalue weighted by Gasteiger charge is -2.21. The Hall–Kier alpha value is -5.09. The molecule has 0 aromatic heterocycles. The highest BCUT2D eigenvalue weighted by Crippen LogP contribution is 2.45. The molecule has 0 heterocycles. The van der Waals surface area contributed by atoms with E-state index in [1.54, 1.807) is 0 Å². The molecule has 0 amide bonds. The molecule has 0 aromatic carbocycles. The Labute approximate surface area is 650 Å². The van der Waals surface area contributed by atoms with Crippen molar-refractivity contribution in [1.29, 1.82) is 0 Å². The third-order valence-corrected chi connectivity index (χ3v) is 18.8. The molecule has 0 aliphatic carbocycles. The zero-order valence-corrected chi connectivity index (χ0v) is 68.5. The number of ether oxygens (including phenoxy) is 3. The summed E-state index contributed by atoms with van der Waals surface area (Å²) in [6.07, 6.45) is 103. The summed E-state index contributed by atoms with van der Waals surface area (Å²) >= 11 is 0. The number of aliphatic hydroxyl groups is 2. The number of phosphoric acid groups is 2. The zero-order chi connectivity index (χ0) is 78.0. The molecular weight excluding hydrogens is 1390 g/mol. The van der Waals surface area contributed by atoms with Gasteiger partial charge in [-0.3, -0.25) is 32.5 Å². The van der Waals surface area contributed by atoms with Crippen LogP contribution in [0.1, 0.15) is 316 Å². The maximum absolute atomic E-state index is 13.0. The van der Waals surface area contributed by atoms with Crippen molar-refractivity contribution in [2.75, 3.05) is 39.6 Å². The number of esters is 3. The highest BCUT2D eigenvalue weighted by Gasteiger charge is 2.29. The van der Waals surface area contributed by atoms with Crippen molar-refractivity contribution in [2.45, 2.75) is 334 Å². The topological polar surface area (TPSA) is 231 Å². The van der Waals surface area contributed by atoms with Crippen LogP contribution in [0.4, 0.5) is 0 Å². The van der Waals surface area contributed by atoms with E-state index in [9.17, 15) is 43.5 Å². The molecule has 0 aliphatic rings. The molecule has 0 saturated carbocycles. The third kappa shape index (κ3) is 81.7. The van der Waals surface area contributed by atoms with Gasteiger partial charge in [0, 0.05) is 19.3 Å². The molecule has 0 saturated heterocycles. The molecule has 0 aliphatic heterocycles. The normalized spacial score (nSPS) is 14.8. The largest absolute Gasteiger partial charge is 0.472 e. The summed E-state index contributed by atoms with van der Waals surface area (Å²) in [5.41, 5.74) is 0. The molecule has 0 fully saturated rings. The van der Waals surface area contributed by atoms with Crippen LogP contribution in [-0.2, 0) is 55.8 Å². The lowest BCUT2D eigenvalue weighted by Crippen LogP contribution is -2.30. The summed E-state index contributed by atoms with van der Waals surface area (Å²) < 4.78 is 61.2. The van der Waals surface area contributed by atoms with Crippen LogP contribution in [0.2, 0.25) is 0 Å². The Morgan fingerprint density at radius 1 is 0.271 bits per heavy atom. The second-order valence-electron chi connectivity index (χ2n) is 27.2. The molecule has 5 unspecified atom stereocenters. The fourth-order valence-corrected chi connectivity index (χ4v) is 12.2. The Morgan fingerprint density at radius 2 is 0.495 bits per heavy atom. The van der Waals surface area contributed by atoms with Crippen molar-refractivity contribution >= 4 is 33.6 Å². The molecule has 107 heavy (non-hydrogen) atoms. The fraction of sp³-hybridized carbons (Fsp3) is 0.652. The van der Waals surface area contributed by atoms with Gasteiger partial charge in [0.05, 0.1) is 26.4 Å². The molecule has 16 nitrogen and oxygen atoms in total. The predicted molar refractivity (Wildman–Crippen MR) is 445 cm³/mol. The molecule has 5 atom stereocenters. The quantitative estimate of drug-likeness (QED) is 0.0146. The zero-order valence-electron chi connectivity index (χ0n) is 66.7. The first-order valence-electron chi connectivity index (χ1n) is 41.4.